The number of nitrogens with one attached hydrogen (secondary N) is 1. The maximum atomic E-state index is 14.4. The third kappa shape index (κ3) is 3.55. The quantitative estimate of drug-likeness (QED) is 0.537. The lowest BCUT2D eigenvalue weighted by Gasteiger charge is -2.32. The first-order chi connectivity index (χ1) is 14.3. The summed E-state index contributed by atoms with van der Waals surface area (Å²) in [5.41, 5.74) is -4.23. The third-order valence-corrected chi connectivity index (χ3v) is 6.67. The number of hydrogen-bond acceptors (Lipinski definition) is 3. The minimum atomic E-state index is -4.84. The summed E-state index contributed by atoms with van der Waals surface area (Å²) < 4.78 is 94.2. The van der Waals surface area contributed by atoms with E-state index in [1.807, 2.05) is 0 Å². The number of methoxy groups -OCH3 is 1. The molecule has 1 aromatic heterocycles. The molecule has 0 radical (unpaired) electrons. The highest BCUT2D eigenvalue weighted by Crippen LogP contribution is 2.59. The van der Waals surface area contributed by atoms with Gasteiger partial charge in [0.1, 0.15) is 6.10 Å². The van der Waals surface area contributed by atoms with Crippen molar-refractivity contribution in [2.75, 3.05) is 7.11 Å². The molecule has 1 aliphatic rings. The van der Waals surface area contributed by atoms with E-state index < -0.39 is 58.3 Å². The smallest absolute Gasteiger partial charge is 0.417 e. The van der Waals surface area contributed by atoms with Gasteiger partial charge in [-0.25, -0.2) is 8.78 Å². The fourth-order valence-electron chi connectivity index (χ4n) is 3.96. The Bertz CT molecular complexity index is 1090. The number of aromatic nitrogens is 1. The summed E-state index contributed by atoms with van der Waals surface area (Å²) in [5, 5.41) is 0. The van der Waals surface area contributed by atoms with E-state index in [0.717, 1.165) is 26.2 Å². The molecule has 11 heteroatoms. The maximum absolute atomic E-state index is 14.4. The van der Waals surface area contributed by atoms with Crippen molar-refractivity contribution >= 4 is 15.9 Å². The molecule has 0 amide bonds. The van der Waals surface area contributed by atoms with Gasteiger partial charge < -0.3 is 14.5 Å². The van der Waals surface area contributed by atoms with Crippen LogP contribution < -0.4 is 10.2 Å². The Labute approximate surface area is 181 Å². The molecule has 0 bridgehead atoms. The number of ether oxygens (including phenoxy) is 2. The van der Waals surface area contributed by atoms with E-state index in [-0.39, 0.29) is 21.4 Å². The molecule has 4 atom stereocenters. The van der Waals surface area contributed by atoms with Crippen LogP contribution >= 0.6 is 15.9 Å². The van der Waals surface area contributed by atoms with Crippen molar-refractivity contribution in [2.24, 2.45) is 5.92 Å². The number of halogens is 7. The van der Waals surface area contributed by atoms with Crippen LogP contribution in [0.25, 0.3) is 0 Å². The van der Waals surface area contributed by atoms with Crippen LogP contribution in [0.1, 0.15) is 42.8 Å². The number of rotatable bonds is 3. The van der Waals surface area contributed by atoms with Gasteiger partial charge in [0.05, 0.1) is 23.0 Å². The predicted molar refractivity (Wildman–Crippen MR) is 103 cm³/mol. The summed E-state index contributed by atoms with van der Waals surface area (Å²) in [6.45, 7) is 3.32. The molecule has 1 fully saturated rings. The Kier molecular flexibility index (Phi) is 5.98. The summed E-state index contributed by atoms with van der Waals surface area (Å²) in [4.78, 5) is 14.8. The van der Waals surface area contributed by atoms with Crippen LogP contribution in [0.2, 0.25) is 0 Å². The van der Waals surface area contributed by atoms with Gasteiger partial charge in [-0.15, -0.1) is 0 Å². The van der Waals surface area contributed by atoms with Crippen LogP contribution in [0.3, 0.4) is 0 Å². The molecule has 0 saturated carbocycles. The maximum Gasteiger partial charge on any atom is 0.417 e. The zero-order valence-electron chi connectivity index (χ0n) is 16.8. The van der Waals surface area contributed by atoms with Crippen molar-refractivity contribution in [2.45, 2.75) is 44.6 Å². The molecule has 1 N–H and O–H groups in total. The molecule has 4 nitrogen and oxygen atoms in total. The van der Waals surface area contributed by atoms with Gasteiger partial charge in [-0.1, -0.05) is 13.0 Å². The first kappa shape index (κ1) is 23.6. The van der Waals surface area contributed by atoms with E-state index in [1.54, 1.807) is 0 Å². The van der Waals surface area contributed by atoms with Gasteiger partial charge in [0.25, 0.3) is 0 Å². The Balaban J connectivity index is 2.32. The molecule has 0 unspecified atom stereocenters. The van der Waals surface area contributed by atoms with Crippen LogP contribution in [-0.4, -0.2) is 23.9 Å². The topological polar surface area (TPSA) is 51.3 Å². The third-order valence-electron chi connectivity index (χ3n) is 5.88. The van der Waals surface area contributed by atoms with Crippen LogP contribution in [0.15, 0.2) is 21.4 Å². The second-order valence-electron chi connectivity index (χ2n) is 7.56. The molecular formula is C20H18BrF6NO3. The van der Waals surface area contributed by atoms with Crippen molar-refractivity contribution in [1.29, 1.82) is 0 Å². The minimum Gasteiger partial charge on any atom is -0.493 e. The fourth-order valence-corrected chi connectivity index (χ4v) is 4.46. The van der Waals surface area contributed by atoms with Gasteiger partial charge in [-0.2, -0.15) is 17.6 Å². The average Bonchev–Trinajstić information content (AvgIpc) is 2.97. The van der Waals surface area contributed by atoms with Crippen LogP contribution in [-0.2, 0) is 4.74 Å². The first-order valence-electron chi connectivity index (χ1n) is 9.10. The number of benzene rings is 1. The lowest BCUT2D eigenvalue weighted by molar-refractivity contribution is -0.275. The highest BCUT2D eigenvalue weighted by Gasteiger charge is 2.65. The van der Waals surface area contributed by atoms with Gasteiger partial charge >= 0.3 is 6.18 Å². The normalized spacial score (nSPS) is 26.4. The lowest BCUT2D eigenvalue weighted by atomic mass is 9.76. The van der Waals surface area contributed by atoms with Crippen LogP contribution in [0.5, 0.6) is 5.75 Å². The van der Waals surface area contributed by atoms with Crippen molar-refractivity contribution in [1.82, 2.24) is 4.98 Å². The predicted octanol–water partition coefficient (Wildman–Crippen LogP) is 5.68. The SMILES string of the molecule is COc1c([C@H]2[C@H](c3[nH]c(C)c(F)c(=O)c3Br)O[C@@](C)(C(F)(F)F)[C@H]2C)ccc(F)c1F. The summed E-state index contributed by atoms with van der Waals surface area (Å²) in [7, 11) is 1.06. The van der Waals surface area contributed by atoms with Crippen LogP contribution in [0.4, 0.5) is 26.3 Å². The molecule has 0 aliphatic carbocycles. The molecule has 170 valence electrons. The number of hydrogen-bond donors (Lipinski definition) is 1. The van der Waals surface area contributed by atoms with Crippen molar-refractivity contribution in [3.05, 3.63) is 61.2 Å². The van der Waals surface area contributed by atoms with Gasteiger partial charge in [-0.05, 0) is 35.8 Å². The summed E-state index contributed by atoms with van der Waals surface area (Å²) in [6.07, 6.45) is -6.32. The molecule has 2 heterocycles. The first-order valence-corrected chi connectivity index (χ1v) is 9.89. The summed E-state index contributed by atoms with van der Waals surface area (Å²) >= 11 is 2.93. The minimum absolute atomic E-state index is 0.0818. The molecular weight excluding hydrogens is 496 g/mol. The van der Waals surface area contributed by atoms with E-state index in [4.69, 9.17) is 9.47 Å². The zero-order valence-corrected chi connectivity index (χ0v) is 18.3. The number of aryl methyl sites for hydroxylation is 1. The number of H-pyrrole nitrogens is 1. The van der Waals surface area contributed by atoms with Gasteiger partial charge in [-0.3, -0.25) is 4.79 Å². The summed E-state index contributed by atoms with van der Waals surface area (Å²) in [6, 6.07) is 1.88. The van der Waals surface area contributed by atoms with E-state index in [1.165, 1.54) is 13.8 Å². The molecule has 1 aliphatic heterocycles. The Morgan fingerprint density at radius 2 is 1.81 bits per heavy atom. The lowest BCUT2D eigenvalue weighted by Crippen LogP contribution is -2.46. The van der Waals surface area contributed by atoms with E-state index >= 15 is 0 Å². The van der Waals surface area contributed by atoms with Crippen LogP contribution in [0, 0.1) is 30.3 Å². The monoisotopic (exact) mass is 513 g/mol. The molecule has 3 rings (SSSR count). The Hall–Kier alpha value is -2.01. The number of alkyl halides is 3. The van der Waals surface area contributed by atoms with Crippen molar-refractivity contribution in [3.63, 3.8) is 0 Å². The second-order valence-corrected chi connectivity index (χ2v) is 8.36. The van der Waals surface area contributed by atoms with E-state index in [0.29, 0.717) is 0 Å². The fraction of sp³-hybridized carbons (Fsp3) is 0.450. The molecule has 1 saturated heterocycles. The number of aromatic amines is 1. The van der Waals surface area contributed by atoms with Gasteiger partial charge in [0, 0.05) is 17.4 Å². The molecule has 31 heavy (non-hydrogen) atoms. The number of pyridine rings is 1. The van der Waals surface area contributed by atoms with Crippen molar-refractivity contribution in [3.8, 4) is 5.75 Å². The standard InChI is InChI=1S/C20H18BrF6NO3/c1-7-11(9-5-6-10(22)14(24)17(9)30-4)18(31-19(7,3)20(25,26)27)15-12(21)16(29)13(23)8(2)28-15/h5-7,11,18H,1-4H3,(H,28,29)/t7-,11-,18+,19+/m0/s1. The summed E-state index contributed by atoms with van der Waals surface area (Å²) in [5.74, 6) is -6.84. The van der Waals surface area contributed by atoms with E-state index in [9.17, 15) is 31.1 Å². The van der Waals surface area contributed by atoms with Gasteiger partial charge in [0.2, 0.25) is 11.2 Å². The highest BCUT2D eigenvalue weighted by atomic mass is 79.9. The Morgan fingerprint density at radius 3 is 2.35 bits per heavy atom. The van der Waals surface area contributed by atoms with Gasteiger partial charge in [0.15, 0.2) is 23.0 Å². The van der Waals surface area contributed by atoms with E-state index in [2.05, 4.69) is 20.9 Å². The highest BCUT2D eigenvalue weighted by molar-refractivity contribution is 9.10. The molecule has 2 aromatic rings. The largest absolute Gasteiger partial charge is 0.493 e. The Morgan fingerprint density at radius 1 is 1.19 bits per heavy atom. The average molecular weight is 514 g/mol. The second kappa shape index (κ2) is 7.84. The molecule has 0 spiro atoms. The van der Waals surface area contributed by atoms with Crippen molar-refractivity contribution < 1.29 is 35.8 Å². The molecule has 1 aromatic carbocycles. The zero-order chi connectivity index (χ0) is 23.5.